The van der Waals surface area contributed by atoms with Crippen LogP contribution < -0.4 is 10.1 Å². The van der Waals surface area contributed by atoms with Gasteiger partial charge in [-0.25, -0.2) is 0 Å². The molecular formula is C15H23NO2. The molecule has 0 aliphatic heterocycles. The van der Waals surface area contributed by atoms with Crippen molar-refractivity contribution >= 4 is 5.91 Å². The molecule has 0 saturated heterocycles. The minimum absolute atomic E-state index is 0.0939. The quantitative estimate of drug-likeness (QED) is 0.871. The van der Waals surface area contributed by atoms with Crippen LogP contribution in [0.1, 0.15) is 39.7 Å². The van der Waals surface area contributed by atoms with Gasteiger partial charge in [-0.3, -0.25) is 4.79 Å². The van der Waals surface area contributed by atoms with E-state index in [2.05, 4.69) is 5.32 Å². The van der Waals surface area contributed by atoms with Gasteiger partial charge in [-0.1, -0.05) is 12.1 Å². The molecule has 1 amide bonds. The van der Waals surface area contributed by atoms with Crippen LogP contribution >= 0.6 is 0 Å². The minimum atomic E-state index is -0.157. The fourth-order valence-corrected chi connectivity index (χ4v) is 1.66. The number of carbonyl (C=O) groups excluding carboxylic acids is 1. The molecule has 0 saturated carbocycles. The van der Waals surface area contributed by atoms with Gasteiger partial charge in [0.15, 0.2) is 0 Å². The van der Waals surface area contributed by atoms with Crippen LogP contribution in [0.15, 0.2) is 24.3 Å². The molecule has 0 bridgehead atoms. The second-order valence-electron chi connectivity index (χ2n) is 5.38. The molecule has 1 rings (SSSR count). The third-order valence-corrected chi connectivity index (χ3v) is 2.39. The first-order valence-electron chi connectivity index (χ1n) is 6.43. The Morgan fingerprint density at radius 1 is 1.22 bits per heavy atom. The van der Waals surface area contributed by atoms with Gasteiger partial charge < -0.3 is 10.1 Å². The molecule has 100 valence electrons. The molecule has 0 heterocycles. The molecule has 0 spiro atoms. The molecule has 0 aliphatic carbocycles. The fraction of sp³-hybridized carbons (Fsp3) is 0.533. The lowest BCUT2D eigenvalue weighted by molar-refractivity contribution is -0.122. The normalized spacial score (nSPS) is 11.1. The number of amides is 1. The molecule has 3 heteroatoms. The van der Waals surface area contributed by atoms with Gasteiger partial charge in [-0.15, -0.1) is 0 Å². The van der Waals surface area contributed by atoms with Crippen molar-refractivity contribution in [3.63, 3.8) is 0 Å². The Morgan fingerprint density at radius 2 is 1.83 bits per heavy atom. The first kappa shape index (κ1) is 14.6. The molecule has 1 aromatic rings. The highest BCUT2D eigenvalue weighted by Crippen LogP contribution is 2.13. The molecule has 0 aromatic heterocycles. The average Bonchev–Trinajstić information content (AvgIpc) is 2.26. The van der Waals surface area contributed by atoms with Crippen molar-refractivity contribution in [1.29, 1.82) is 0 Å². The van der Waals surface area contributed by atoms with E-state index in [1.807, 2.05) is 52.0 Å². The molecule has 0 aliphatic rings. The molecule has 0 unspecified atom stereocenters. The maximum Gasteiger partial charge on any atom is 0.220 e. The van der Waals surface area contributed by atoms with Gasteiger partial charge >= 0.3 is 0 Å². The number of ether oxygens (including phenoxy) is 1. The van der Waals surface area contributed by atoms with E-state index in [0.29, 0.717) is 13.0 Å². The van der Waals surface area contributed by atoms with Crippen molar-refractivity contribution in [2.45, 2.75) is 46.1 Å². The molecule has 1 N–H and O–H groups in total. The zero-order chi connectivity index (χ0) is 13.6. The third kappa shape index (κ3) is 5.71. The Balaban J connectivity index is 2.41. The molecule has 3 nitrogen and oxygen atoms in total. The van der Waals surface area contributed by atoms with Crippen LogP contribution in [-0.4, -0.2) is 18.1 Å². The number of rotatable bonds is 5. The summed E-state index contributed by atoms with van der Waals surface area (Å²) in [6, 6.07) is 7.91. The molecule has 0 atom stereocenters. The predicted octanol–water partition coefficient (Wildman–Crippen LogP) is 2.93. The third-order valence-electron chi connectivity index (χ3n) is 2.39. The molecule has 0 radical (unpaired) electrons. The summed E-state index contributed by atoms with van der Waals surface area (Å²) < 4.78 is 5.37. The Morgan fingerprint density at radius 3 is 2.33 bits per heavy atom. The van der Waals surface area contributed by atoms with Crippen molar-refractivity contribution < 1.29 is 9.53 Å². The highest BCUT2D eigenvalue weighted by Gasteiger charge is 2.13. The minimum Gasteiger partial charge on any atom is -0.494 e. The molecular weight excluding hydrogens is 226 g/mol. The SMILES string of the molecule is CCOc1ccc(CCC(=O)NC(C)(C)C)cc1. The maximum atomic E-state index is 11.7. The molecule has 0 fully saturated rings. The number of hydrogen-bond donors (Lipinski definition) is 1. The zero-order valence-electron chi connectivity index (χ0n) is 11.7. The van der Waals surface area contributed by atoms with Crippen LogP contribution in [0.4, 0.5) is 0 Å². The van der Waals surface area contributed by atoms with Gasteiger partial charge in [-0.05, 0) is 51.8 Å². The first-order valence-corrected chi connectivity index (χ1v) is 6.43. The van der Waals surface area contributed by atoms with Crippen molar-refractivity contribution in [3.05, 3.63) is 29.8 Å². The highest BCUT2D eigenvalue weighted by atomic mass is 16.5. The standard InChI is InChI=1S/C15H23NO2/c1-5-18-13-9-6-12(7-10-13)8-11-14(17)16-15(2,3)4/h6-7,9-10H,5,8,11H2,1-4H3,(H,16,17). The van der Waals surface area contributed by atoms with Crippen LogP contribution in [0.5, 0.6) is 5.75 Å². The average molecular weight is 249 g/mol. The summed E-state index contributed by atoms with van der Waals surface area (Å²) in [7, 11) is 0. The van der Waals surface area contributed by atoms with Crippen molar-refractivity contribution in [2.75, 3.05) is 6.61 Å². The highest BCUT2D eigenvalue weighted by molar-refractivity contribution is 5.76. The summed E-state index contributed by atoms with van der Waals surface area (Å²) in [5.74, 6) is 0.969. The number of nitrogens with one attached hydrogen (secondary N) is 1. The van der Waals surface area contributed by atoms with Crippen LogP contribution in [0, 0.1) is 0 Å². The Hall–Kier alpha value is -1.51. The summed E-state index contributed by atoms with van der Waals surface area (Å²) in [6.07, 6.45) is 1.28. The number of benzene rings is 1. The lowest BCUT2D eigenvalue weighted by atomic mass is 10.1. The van der Waals surface area contributed by atoms with Gasteiger partial charge in [0.2, 0.25) is 5.91 Å². The predicted molar refractivity (Wildman–Crippen MR) is 73.8 cm³/mol. The summed E-state index contributed by atoms with van der Waals surface area (Å²) in [5.41, 5.74) is 0.998. The fourth-order valence-electron chi connectivity index (χ4n) is 1.66. The zero-order valence-corrected chi connectivity index (χ0v) is 11.7. The largest absolute Gasteiger partial charge is 0.494 e. The molecule has 1 aromatic carbocycles. The smallest absolute Gasteiger partial charge is 0.220 e. The van der Waals surface area contributed by atoms with Crippen LogP contribution in [0.2, 0.25) is 0 Å². The Kier molecular flexibility index (Phi) is 5.20. The summed E-state index contributed by atoms with van der Waals surface area (Å²) in [6.45, 7) is 8.60. The van der Waals surface area contributed by atoms with E-state index in [9.17, 15) is 4.79 Å². The van der Waals surface area contributed by atoms with E-state index >= 15 is 0 Å². The lowest BCUT2D eigenvalue weighted by Gasteiger charge is -2.20. The molecule has 18 heavy (non-hydrogen) atoms. The van der Waals surface area contributed by atoms with E-state index < -0.39 is 0 Å². The second kappa shape index (κ2) is 6.43. The number of hydrogen-bond acceptors (Lipinski definition) is 2. The van der Waals surface area contributed by atoms with Gasteiger partial charge in [0.05, 0.1) is 6.61 Å². The van der Waals surface area contributed by atoms with E-state index in [1.165, 1.54) is 0 Å². The Bertz CT molecular complexity index is 376. The van der Waals surface area contributed by atoms with Gasteiger partial charge in [0.25, 0.3) is 0 Å². The Labute approximate surface area is 110 Å². The summed E-state index contributed by atoms with van der Waals surface area (Å²) in [5, 5.41) is 2.96. The van der Waals surface area contributed by atoms with E-state index in [-0.39, 0.29) is 11.4 Å². The van der Waals surface area contributed by atoms with E-state index in [4.69, 9.17) is 4.74 Å². The van der Waals surface area contributed by atoms with Crippen LogP contribution in [0.25, 0.3) is 0 Å². The second-order valence-corrected chi connectivity index (χ2v) is 5.38. The summed E-state index contributed by atoms with van der Waals surface area (Å²) in [4.78, 5) is 11.7. The first-order chi connectivity index (χ1) is 8.40. The monoisotopic (exact) mass is 249 g/mol. The lowest BCUT2D eigenvalue weighted by Crippen LogP contribution is -2.40. The van der Waals surface area contributed by atoms with Gasteiger partial charge in [0, 0.05) is 12.0 Å². The van der Waals surface area contributed by atoms with Gasteiger partial charge in [-0.2, -0.15) is 0 Å². The van der Waals surface area contributed by atoms with Crippen LogP contribution in [0.3, 0.4) is 0 Å². The maximum absolute atomic E-state index is 11.7. The topological polar surface area (TPSA) is 38.3 Å². The van der Waals surface area contributed by atoms with Crippen molar-refractivity contribution in [2.24, 2.45) is 0 Å². The van der Waals surface area contributed by atoms with Gasteiger partial charge in [0.1, 0.15) is 5.75 Å². The van der Waals surface area contributed by atoms with E-state index in [1.54, 1.807) is 0 Å². The number of carbonyl (C=O) groups is 1. The van der Waals surface area contributed by atoms with Crippen molar-refractivity contribution in [3.8, 4) is 5.75 Å². The van der Waals surface area contributed by atoms with Crippen LogP contribution in [-0.2, 0) is 11.2 Å². The van der Waals surface area contributed by atoms with Crippen molar-refractivity contribution in [1.82, 2.24) is 5.32 Å². The van der Waals surface area contributed by atoms with E-state index in [0.717, 1.165) is 17.7 Å². The number of aryl methyl sites for hydroxylation is 1. The summed E-state index contributed by atoms with van der Waals surface area (Å²) >= 11 is 0.